The van der Waals surface area contributed by atoms with Gasteiger partial charge in [-0.05, 0) is 123 Å². The molecule has 0 bridgehead atoms. The fourth-order valence-corrected chi connectivity index (χ4v) is 10.8. The molecular formula is C66H42N4. The van der Waals surface area contributed by atoms with Crippen molar-refractivity contribution in [3.05, 3.63) is 255 Å². The topological polar surface area (TPSA) is 35.6 Å². The van der Waals surface area contributed by atoms with Crippen molar-refractivity contribution >= 4 is 65.3 Å². The highest BCUT2D eigenvalue weighted by Crippen LogP contribution is 2.42. The minimum Gasteiger partial charge on any atom is -0.309 e. The summed E-state index contributed by atoms with van der Waals surface area (Å²) >= 11 is 0. The molecule has 4 heteroatoms. The minimum atomic E-state index is 0.709. The maximum Gasteiger partial charge on any atom is 0.160 e. The number of fused-ring (bicyclic) bond motifs is 9. The fraction of sp³-hybridized carbons (Fsp3) is 0. The van der Waals surface area contributed by atoms with Crippen molar-refractivity contribution in [2.45, 2.75) is 0 Å². The molecule has 0 amide bonds. The zero-order valence-corrected chi connectivity index (χ0v) is 38.0. The van der Waals surface area contributed by atoms with Crippen molar-refractivity contribution in [3.8, 4) is 67.4 Å². The lowest BCUT2D eigenvalue weighted by molar-refractivity contribution is 1.18. The van der Waals surface area contributed by atoms with E-state index in [1.54, 1.807) is 0 Å². The van der Waals surface area contributed by atoms with Gasteiger partial charge in [-0.25, -0.2) is 9.97 Å². The average molecular weight is 891 g/mol. The zero-order chi connectivity index (χ0) is 46.1. The highest BCUT2D eigenvalue weighted by atomic mass is 15.0. The molecule has 0 spiro atoms. The molecule has 0 aliphatic carbocycles. The molecule has 0 atom stereocenters. The largest absolute Gasteiger partial charge is 0.309 e. The summed E-state index contributed by atoms with van der Waals surface area (Å²) in [5.41, 5.74) is 17.8. The summed E-state index contributed by atoms with van der Waals surface area (Å²) in [5, 5.41) is 8.19. The fourth-order valence-electron chi connectivity index (χ4n) is 10.8. The van der Waals surface area contributed by atoms with Crippen molar-refractivity contribution in [2.75, 3.05) is 0 Å². The molecule has 14 rings (SSSR count). The van der Waals surface area contributed by atoms with Crippen LogP contribution in [0.25, 0.3) is 133 Å². The van der Waals surface area contributed by atoms with Crippen molar-refractivity contribution < 1.29 is 0 Å². The molecule has 0 saturated heterocycles. The van der Waals surface area contributed by atoms with E-state index in [1.807, 2.05) is 18.2 Å². The molecule has 4 nitrogen and oxygen atoms in total. The Morgan fingerprint density at radius 1 is 0.257 bits per heavy atom. The summed E-state index contributed by atoms with van der Waals surface area (Å²) in [6, 6.07) is 91.9. The summed E-state index contributed by atoms with van der Waals surface area (Å²) in [6.45, 7) is 0. The van der Waals surface area contributed by atoms with E-state index in [9.17, 15) is 0 Å². The summed E-state index contributed by atoms with van der Waals surface area (Å²) in [4.78, 5) is 10.5. The lowest BCUT2D eigenvalue weighted by Crippen LogP contribution is -1.98. The van der Waals surface area contributed by atoms with Gasteiger partial charge in [0.25, 0.3) is 0 Å². The van der Waals surface area contributed by atoms with Crippen LogP contribution in [0.4, 0.5) is 0 Å². The van der Waals surface area contributed by atoms with E-state index < -0.39 is 0 Å². The molecule has 3 heterocycles. The quantitative estimate of drug-likeness (QED) is 0.149. The van der Waals surface area contributed by atoms with Gasteiger partial charge in [0.05, 0.1) is 33.3 Å². The summed E-state index contributed by atoms with van der Waals surface area (Å²) in [6.07, 6.45) is 0. The minimum absolute atomic E-state index is 0.709. The normalized spacial score (nSPS) is 11.7. The van der Waals surface area contributed by atoms with Crippen LogP contribution in [0.1, 0.15) is 0 Å². The van der Waals surface area contributed by atoms with Crippen LogP contribution >= 0.6 is 0 Å². The molecular weight excluding hydrogens is 849 g/mol. The highest BCUT2D eigenvalue weighted by Gasteiger charge is 2.20. The van der Waals surface area contributed by atoms with Crippen LogP contribution in [0, 0.1) is 0 Å². The van der Waals surface area contributed by atoms with E-state index in [2.05, 4.69) is 246 Å². The molecule has 11 aromatic carbocycles. The summed E-state index contributed by atoms with van der Waals surface area (Å²) in [5.74, 6) is 0.709. The van der Waals surface area contributed by atoms with Gasteiger partial charge in [0.15, 0.2) is 5.82 Å². The van der Waals surface area contributed by atoms with Crippen LogP contribution in [-0.4, -0.2) is 19.1 Å². The predicted molar refractivity (Wildman–Crippen MR) is 293 cm³/mol. The van der Waals surface area contributed by atoms with Gasteiger partial charge < -0.3 is 9.13 Å². The second-order valence-corrected chi connectivity index (χ2v) is 18.2. The lowest BCUT2D eigenvalue weighted by atomic mass is 9.98. The monoisotopic (exact) mass is 890 g/mol. The van der Waals surface area contributed by atoms with Crippen LogP contribution in [-0.2, 0) is 0 Å². The first kappa shape index (κ1) is 39.8. The van der Waals surface area contributed by atoms with Gasteiger partial charge in [0, 0.05) is 49.4 Å². The second kappa shape index (κ2) is 16.2. The summed E-state index contributed by atoms with van der Waals surface area (Å²) < 4.78 is 4.82. The summed E-state index contributed by atoms with van der Waals surface area (Å²) in [7, 11) is 0. The Morgan fingerprint density at radius 2 is 0.686 bits per heavy atom. The zero-order valence-electron chi connectivity index (χ0n) is 38.0. The van der Waals surface area contributed by atoms with E-state index in [1.165, 1.54) is 66.0 Å². The van der Waals surface area contributed by atoms with Gasteiger partial charge in [0.2, 0.25) is 0 Å². The van der Waals surface area contributed by atoms with E-state index >= 15 is 0 Å². The Morgan fingerprint density at radius 3 is 1.23 bits per heavy atom. The van der Waals surface area contributed by atoms with E-state index in [0.717, 1.165) is 60.9 Å². The number of hydrogen-bond acceptors (Lipinski definition) is 2. The Labute approximate surface area is 404 Å². The van der Waals surface area contributed by atoms with Crippen molar-refractivity contribution in [2.24, 2.45) is 0 Å². The number of para-hydroxylation sites is 1. The van der Waals surface area contributed by atoms with Gasteiger partial charge in [-0.15, -0.1) is 0 Å². The molecule has 0 N–H and O–H groups in total. The number of nitrogens with zero attached hydrogens (tertiary/aromatic N) is 4. The molecule has 0 saturated carbocycles. The van der Waals surface area contributed by atoms with Gasteiger partial charge >= 0.3 is 0 Å². The SMILES string of the molecule is c1ccc(-c2ccc3c(c2)c2cc(-c4ccc5c(c4)c4cc(-c6ccccc6)ccc4n5-c4cccc(-c5nc(-c6ccccc6)nc6ccc7ccccc7c56)c4)ccc2n3-c2ccccc2)cc1. The van der Waals surface area contributed by atoms with Crippen LogP contribution in [0.5, 0.6) is 0 Å². The van der Waals surface area contributed by atoms with Crippen molar-refractivity contribution in [3.63, 3.8) is 0 Å². The van der Waals surface area contributed by atoms with Crippen molar-refractivity contribution in [1.29, 1.82) is 0 Å². The van der Waals surface area contributed by atoms with Crippen molar-refractivity contribution in [1.82, 2.24) is 19.1 Å². The maximum atomic E-state index is 5.39. The molecule has 0 fully saturated rings. The van der Waals surface area contributed by atoms with Crippen LogP contribution in [0.2, 0.25) is 0 Å². The van der Waals surface area contributed by atoms with Crippen LogP contribution in [0.15, 0.2) is 255 Å². The molecule has 0 radical (unpaired) electrons. The third-order valence-corrected chi connectivity index (χ3v) is 14.1. The van der Waals surface area contributed by atoms with Gasteiger partial charge in [-0.1, -0.05) is 176 Å². The second-order valence-electron chi connectivity index (χ2n) is 18.2. The molecule has 0 unspecified atom stereocenters. The number of hydrogen-bond donors (Lipinski definition) is 0. The highest BCUT2D eigenvalue weighted by molar-refractivity contribution is 6.15. The average Bonchev–Trinajstić information content (AvgIpc) is 3.95. The van der Waals surface area contributed by atoms with E-state index in [4.69, 9.17) is 9.97 Å². The van der Waals surface area contributed by atoms with Gasteiger partial charge in [-0.3, -0.25) is 0 Å². The Hall–Kier alpha value is -9.38. The Bertz CT molecular complexity index is 4320. The molecule has 0 aliphatic heterocycles. The van der Waals surface area contributed by atoms with Gasteiger partial charge in [-0.2, -0.15) is 0 Å². The third-order valence-electron chi connectivity index (χ3n) is 14.1. The molecule has 326 valence electrons. The van der Waals surface area contributed by atoms with Crippen LogP contribution < -0.4 is 0 Å². The first-order chi connectivity index (χ1) is 34.7. The number of rotatable bonds is 7. The third kappa shape index (κ3) is 6.53. The number of benzene rings is 11. The Kier molecular flexibility index (Phi) is 9.17. The standard InChI is InChI=1S/C66H42N4/c1-5-16-43(17-6-1)47-29-34-60-55(39-47)57-41-49(31-36-61(57)69(60)52-24-11-4-12-25-52)50-32-37-63-58(42-50)56-40-48(44-18-7-2-8-19-44)30-35-62(56)70(63)53-26-15-23-51(38-53)65-64-54-27-14-13-20-45(54)28-33-59(64)67-66(68-65)46-21-9-3-10-22-46/h1-42H. The van der Waals surface area contributed by atoms with E-state index in [-0.39, 0.29) is 0 Å². The lowest BCUT2D eigenvalue weighted by Gasteiger charge is -2.14. The predicted octanol–water partition coefficient (Wildman–Crippen LogP) is 17.3. The molecule has 0 aliphatic rings. The molecule has 70 heavy (non-hydrogen) atoms. The Balaban J connectivity index is 0.973. The van der Waals surface area contributed by atoms with Gasteiger partial charge in [0.1, 0.15) is 0 Å². The maximum absolute atomic E-state index is 5.39. The first-order valence-corrected chi connectivity index (χ1v) is 23.9. The molecule has 14 aromatic rings. The first-order valence-electron chi connectivity index (χ1n) is 23.9. The molecule has 3 aromatic heterocycles. The smallest absolute Gasteiger partial charge is 0.160 e. The van der Waals surface area contributed by atoms with Crippen LogP contribution in [0.3, 0.4) is 0 Å². The van der Waals surface area contributed by atoms with E-state index in [0.29, 0.717) is 5.82 Å². The number of aromatic nitrogens is 4.